The molecular weight excluding hydrogens is 198 g/mol. The van der Waals surface area contributed by atoms with Gasteiger partial charge in [0.15, 0.2) is 5.41 Å². The second-order valence-corrected chi connectivity index (χ2v) is 3.05. The molecule has 0 aliphatic heterocycles. The Morgan fingerprint density at radius 3 is 1.60 bits per heavy atom. The number of hydrogen-bond donors (Lipinski definition) is 0. The molecule has 0 amide bonds. The quantitative estimate of drug-likeness (QED) is 0.291. The summed E-state index contributed by atoms with van der Waals surface area (Å²) in [5.41, 5.74) is -1.34. The first kappa shape index (κ1) is 13.4. The number of ether oxygens (including phenoxy) is 2. The smallest absolute Gasteiger partial charge is 0.323 e. The second-order valence-electron chi connectivity index (χ2n) is 3.05. The Morgan fingerprint density at radius 2 is 1.40 bits per heavy atom. The van der Waals surface area contributed by atoms with Crippen LogP contribution in [0.5, 0.6) is 0 Å². The molecule has 0 heterocycles. The van der Waals surface area contributed by atoms with Gasteiger partial charge in [-0.3, -0.25) is 9.59 Å². The molecule has 0 saturated heterocycles. The average molecular weight is 214 g/mol. The van der Waals surface area contributed by atoms with Crippen LogP contribution in [0.1, 0.15) is 12.8 Å². The minimum absolute atomic E-state index is 0.165. The fourth-order valence-electron chi connectivity index (χ4n) is 1.38. The lowest BCUT2D eigenvalue weighted by atomic mass is 9.81. The predicted molar refractivity (Wildman–Crippen MR) is 56.1 cm³/mol. The summed E-state index contributed by atoms with van der Waals surface area (Å²) in [7, 11) is 2.46. The molecule has 0 spiro atoms. The summed E-state index contributed by atoms with van der Waals surface area (Å²) in [6.07, 6.45) is 3.30. The van der Waals surface area contributed by atoms with E-state index < -0.39 is 17.4 Å². The molecule has 4 heteroatoms. The lowest BCUT2D eigenvalue weighted by Gasteiger charge is -2.25. The summed E-state index contributed by atoms with van der Waals surface area (Å²) in [6.45, 7) is 7.02. The van der Waals surface area contributed by atoms with E-state index in [0.717, 1.165) is 0 Å². The number of carbonyl (C=O) groups is 2. The predicted octanol–water partition coefficient (Wildman–Crippen LogP) is 1.47. The van der Waals surface area contributed by atoms with Crippen molar-refractivity contribution in [2.45, 2.75) is 12.8 Å². The summed E-state index contributed by atoms with van der Waals surface area (Å²) < 4.78 is 9.22. The largest absolute Gasteiger partial charge is 0.468 e. The number of rotatable bonds is 6. The summed E-state index contributed by atoms with van der Waals surface area (Å²) >= 11 is 0. The van der Waals surface area contributed by atoms with Crippen LogP contribution in [0.25, 0.3) is 0 Å². The van der Waals surface area contributed by atoms with Gasteiger partial charge < -0.3 is 9.47 Å². The van der Waals surface area contributed by atoms with Crippen molar-refractivity contribution in [1.82, 2.24) is 0 Å². The van der Waals surface area contributed by atoms with Gasteiger partial charge in [0.25, 0.3) is 0 Å². The maximum atomic E-state index is 11.6. The lowest BCUT2D eigenvalue weighted by Crippen LogP contribution is -2.40. The molecular formula is C11H16O4. The van der Waals surface area contributed by atoms with E-state index in [1.807, 2.05) is 0 Å². The molecule has 0 aliphatic rings. The van der Waals surface area contributed by atoms with E-state index in [0.29, 0.717) is 0 Å². The van der Waals surface area contributed by atoms with Crippen molar-refractivity contribution in [3.05, 3.63) is 25.3 Å². The summed E-state index contributed by atoms with van der Waals surface area (Å²) in [4.78, 5) is 23.2. The van der Waals surface area contributed by atoms with Crippen molar-refractivity contribution >= 4 is 11.9 Å². The molecule has 0 atom stereocenters. The molecule has 84 valence electrons. The molecule has 4 nitrogen and oxygen atoms in total. The summed E-state index contributed by atoms with van der Waals surface area (Å²) in [6, 6.07) is 0. The first-order chi connectivity index (χ1) is 7.08. The summed E-state index contributed by atoms with van der Waals surface area (Å²) in [5.74, 6) is -1.26. The second kappa shape index (κ2) is 6.01. The Hall–Kier alpha value is -1.58. The van der Waals surface area contributed by atoms with Gasteiger partial charge in [-0.15, -0.1) is 13.2 Å². The number of allylic oxidation sites excluding steroid dienone is 2. The molecule has 0 aromatic rings. The number of carbonyl (C=O) groups excluding carboxylic acids is 2. The minimum atomic E-state index is -1.34. The SMILES string of the molecule is COC(=O)C(CC=[13CH2])(CC=[13CH2])C(=O)OC. The van der Waals surface area contributed by atoms with Crippen LogP contribution < -0.4 is 0 Å². The molecule has 0 aliphatic carbocycles. The van der Waals surface area contributed by atoms with Crippen LogP contribution in [-0.4, -0.2) is 26.2 Å². The highest BCUT2D eigenvalue weighted by molar-refractivity contribution is 6.00. The molecule has 0 aromatic heterocycles. The molecule has 0 radical (unpaired) electrons. The monoisotopic (exact) mass is 214 g/mol. The Balaban J connectivity index is 5.22. The zero-order chi connectivity index (χ0) is 11.9. The highest BCUT2D eigenvalue weighted by Gasteiger charge is 2.46. The van der Waals surface area contributed by atoms with Crippen molar-refractivity contribution in [2.75, 3.05) is 14.2 Å². The molecule has 0 rings (SSSR count). The fraction of sp³-hybridized carbons (Fsp3) is 0.455. The van der Waals surface area contributed by atoms with Gasteiger partial charge in [0, 0.05) is 0 Å². The Bertz CT molecular complexity index is 240. The van der Waals surface area contributed by atoms with Crippen LogP contribution in [-0.2, 0) is 19.1 Å². The average Bonchev–Trinajstić information content (AvgIpc) is 2.26. The number of methoxy groups -OCH3 is 2. The third-order valence-electron chi connectivity index (χ3n) is 2.14. The third-order valence-corrected chi connectivity index (χ3v) is 2.14. The van der Waals surface area contributed by atoms with E-state index in [1.165, 1.54) is 26.4 Å². The van der Waals surface area contributed by atoms with Crippen molar-refractivity contribution in [3.8, 4) is 0 Å². The van der Waals surface area contributed by atoms with Crippen LogP contribution in [0.4, 0.5) is 0 Å². The molecule has 0 bridgehead atoms. The van der Waals surface area contributed by atoms with Crippen LogP contribution in [0.15, 0.2) is 25.3 Å². The zero-order valence-electron chi connectivity index (χ0n) is 9.12. The minimum Gasteiger partial charge on any atom is -0.468 e. The first-order valence-corrected chi connectivity index (χ1v) is 4.47. The lowest BCUT2D eigenvalue weighted by molar-refractivity contribution is -0.168. The third kappa shape index (κ3) is 2.68. The zero-order valence-corrected chi connectivity index (χ0v) is 9.12. The van der Waals surface area contributed by atoms with Gasteiger partial charge >= 0.3 is 11.9 Å². The highest BCUT2D eigenvalue weighted by atomic mass is 16.5. The maximum Gasteiger partial charge on any atom is 0.323 e. The van der Waals surface area contributed by atoms with E-state index in [9.17, 15) is 9.59 Å². The van der Waals surface area contributed by atoms with Crippen LogP contribution in [0, 0.1) is 5.41 Å². The van der Waals surface area contributed by atoms with Crippen molar-refractivity contribution < 1.29 is 19.1 Å². The number of hydrogen-bond acceptors (Lipinski definition) is 4. The van der Waals surface area contributed by atoms with Crippen molar-refractivity contribution in [1.29, 1.82) is 0 Å². The molecule has 0 N–H and O–H groups in total. The fourth-order valence-corrected chi connectivity index (χ4v) is 1.38. The van der Waals surface area contributed by atoms with Crippen LogP contribution >= 0.6 is 0 Å². The Labute approximate surface area is 89.6 Å². The van der Waals surface area contributed by atoms with E-state index >= 15 is 0 Å². The molecule has 0 fully saturated rings. The van der Waals surface area contributed by atoms with Gasteiger partial charge in [-0.1, -0.05) is 12.2 Å². The molecule has 0 aromatic carbocycles. The topological polar surface area (TPSA) is 52.6 Å². The normalized spacial score (nSPS) is 10.3. The van der Waals surface area contributed by atoms with E-state index in [1.54, 1.807) is 0 Å². The Kier molecular flexibility index (Phi) is 5.37. The van der Waals surface area contributed by atoms with E-state index in [-0.39, 0.29) is 12.8 Å². The van der Waals surface area contributed by atoms with Crippen molar-refractivity contribution in [2.24, 2.45) is 5.41 Å². The van der Waals surface area contributed by atoms with Crippen molar-refractivity contribution in [3.63, 3.8) is 0 Å². The van der Waals surface area contributed by atoms with Gasteiger partial charge in [0.05, 0.1) is 14.2 Å². The molecule has 0 saturated carbocycles. The number of esters is 2. The molecule has 15 heavy (non-hydrogen) atoms. The highest BCUT2D eigenvalue weighted by Crippen LogP contribution is 2.31. The molecule has 0 unspecified atom stereocenters. The van der Waals surface area contributed by atoms with E-state index in [2.05, 4.69) is 22.6 Å². The van der Waals surface area contributed by atoms with Gasteiger partial charge in [-0.25, -0.2) is 0 Å². The van der Waals surface area contributed by atoms with Gasteiger partial charge in [0.2, 0.25) is 0 Å². The van der Waals surface area contributed by atoms with Gasteiger partial charge in [0.1, 0.15) is 0 Å². The summed E-state index contributed by atoms with van der Waals surface area (Å²) in [5, 5.41) is 0. The Morgan fingerprint density at radius 1 is 1.07 bits per heavy atom. The van der Waals surface area contributed by atoms with Gasteiger partial charge in [-0.05, 0) is 12.8 Å². The van der Waals surface area contributed by atoms with Gasteiger partial charge in [-0.2, -0.15) is 0 Å². The van der Waals surface area contributed by atoms with Crippen LogP contribution in [0.3, 0.4) is 0 Å². The van der Waals surface area contributed by atoms with E-state index in [4.69, 9.17) is 0 Å². The standard InChI is InChI=1S/C11H16O4/c1-5-7-11(8-6-2,9(12)14-3)10(13)15-4/h5-6H,1-2,7-8H2,3-4H3/i1+1,2+1. The first-order valence-electron chi connectivity index (χ1n) is 4.47. The van der Waals surface area contributed by atoms with Crippen LogP contribution in [0.2, 0.25) is 0 Å². The maximum absolute atomic E-state index is 11.6.